The molecule has 2 aliphatic rings. The van der Waals surface area contributed by atoms with E-state index >= 15 is 0 Å². The highest BCUT2D eigenvalue weighted by atomic mass is 32.2. The summed E-state index contributed by atoms with van der Waals surface area (Å²) in [5, 5.41) is 3.17. The zero-order valence-electron chi connectivity index (χ0n) is 23.4. The van der Waals surface area contributed by atoms with Gasteiger partial charge in [0, 0.05) is 29.9 Å². The first-order valence-corrected chi connectivity index (χ1v) is 17.7. The Hall–Kier alpha value is -2.59. The van der Waals surface area contributed by atoms with Crippen LogP contribution in [0.25, 0.3) is 10.6 Å². The Morgan fingerprint density at radius 2 is 1.93 bits per heavy atom. The van der Waals surface area contributed by atoms with Gasteiger partial charge in [-0.3, -0.25) is 9.62 Å². The number of hydrogen-bond acceptors (Lipinski definition) is 6. The summed E-state index contributed by atoms with van der Waals surface area (Å²) in [5.74, 6) is 0.292. The van der Waals surface area contributed by atoms with Gasteiger partial charge in [-0.05, 0) is 85.2 Å². The van der Waals surface area contributed by atoms with Crippen molar-refractivity contribution in [2.45, 2.75) is 76.3 Å². The third-order valence-corrected chi connectivity index (χ3v) is 11.6. The molecular weight excluding hydrogens is 574 g/mol. The number of fused-ring (bicyclic) bond motifs is 1. The SMILES string of the molecule is Cc1nc(-c2ccc(CN3CCc4cc(S(=O)(=O)Nc5ccc(CCCC6CCCC6)cc5F)ccc4C3)s2)cs1. The third-order valence-electron chi connectivity index (χ3n) is 8.32. The van der Waals surface area contributed by atoms with Crippen LogP contribution in [0, 0.1) is 18.7 Å². The number of thiophene rings is 1. The van der Waals surface area contributed by atoms with E-state index in [1.165, 1.54) is 47.9 Å². The second-order valence-electron chi connectivity index (χ2n) is 11.4. The van der Waals surface area contributed by atoms with Crippen molar-refractivity contribution >= 4 is 38.4 Å². The van der Waals surface area contributed by atoms with Gasteiger partial charge in [-0.2, -0.15) is 0 Å². The maximum Gasteiger partial charge on any atom is 0.261 e. The van der Waals surface area contributed by atoms with Gasteiger partial charge in [0.25, 0.3) is 10.0 Å². The van der Waals surface area contributed by atoms with E-state index in [4.69, 9.17) is 0 Å². The van der Waals surface area contributed by atoms with Gasteiger partial charge in [0.15, 0.2) is 0 Å². The zero-order chi connectivity index (χ0) is 28.4. The van der Waals surface area contributed by atoms with Crippen LogP contribution in [0.15, 0.2) is 58.8 Å². The second kappa shape index (κ2) is 12.3. The van der Waals surface area contributed by atoms with Crippen LogP contribution < -0.4 is 4.72 Å². The summed E-state index contributed by atoms with van der Waals surface area (Å²) >= 11 is 3.44. The Morgan fingerprint density at radius 1 is 1.07 bits per heavy atom. The highest BCUT2D eigenvalue weighted by molar-refractivity contribution is 7.92. The molecule has 6 rings (SSSR count). The third kappa shape index (κ3) is 6.91. The smallest absolute Gasteiger partial charge is 0.261 e. The molecule has 1 saturated carbocycles. The molecule has 0 atom stereocenters. The van der Waals surface area contributed by atoms with Crippen molar-refractivity contribution in [2.24, 2.45) is 5.92 Å². The van der Waals surface area contributed by atoms with Gasteiger partial charge in [-0.1, -0.05) is 44.2 Å². The van der Waals surface area contributed by atoms with E-state index in [0.29, 0.717) is 0 Å². The summed E-state index contributed by atoms with van der Waals surface area (Å²) < 4.78 is 43.7. The van der Waals surface area contributed by atoms with E-state index < -0.39 is 15.8 Å². The lowest BCUT2D eigenvalue weighted by Gasteiger charge is -2.28. The van der Waals surface area contributed by atoms with E-state index in [9.17, 15) is 12.8 Å². The highest BCUT2D eigenvalue weighted by Gasteiger charge is 2.22. The number of hydrogen-bond donors (Lipinski definition) is 1. The molecule has 2 aromatic heterocycles. The van der Waals surface area contributed by atoms with E-state index in [1.807, 2.05) is 19.1 Å². The maximum atomic E-state index is 14.9. The number of aryl methyl sites for hydroxylation is 2. The lowest BCUT2D eigenvalue weighted by Crippen LogP contribution is -2.30. The minimum atomic E-state index is -3.90. The van der Waals surface area contributed by atoms with Gasteiger partial charge in [0.1, 0.15) is 5.82 Å². The van der Waals surface area contributed by atoms with Crippen LogP contribution in [0.4, 0.5) is 10.1 Å². The molecular formula is C32H36FN3O2S3. The number of benzene rings is 2. The van der Waals surface area contributed by atoms with Crippen molar-refractivity contribution < 1.29 is 12.8 Å². The zero-order valence-corrected chi connectivity index (χ0v) is 25.8. The predicted molar refractivity (Wildman–Crippen MR) is 167 cm³/mol. The Bertz CT molecular complexity index is 1620. The van der Waals surface area contributed by atoms with Gasteiger partial charge in [-0.25, -0.2) is 17.8 Å². The highest BCUT2D eigenvalue weighted by Crippen LogP contribution is 2.32. The standard InChI is InChI=1S/C32H36FN3O2S3/c1-22-34-31(21-39-22)32-14-11-27(40-32)20-36-16-15-25-18-28(12-10-26(25)19-36)41(37,38)35-30-13-9-24(17-29(30)33)8-4-7-23-5-2-3-6-23/h9-14,17-18,21,23,35H,2-8,15-16,19-20H2,1H3. The average molecular weight is 610 g/mol. The molecule has 41 heavy (non-hydrogen) atoms. The number of rotatable bonds is 10. The Kier molecular flexibility index (Phi) is 8.58. The fraction of sp³-hybridized carbons (Fsp3) is 0.406. The summed E-state index contributed by atoms with van der Waals surface area (Å²) in [6.45, 7) is 4.49. The lowest BCUT2D eigenvalue weighted by molar-refractivity contribution is 0.247. The largest absolute Gasteiger partial charge is 0.294 e. The van der Waals surface area contributed by atoms with E-state index in [0.717, 1.165) is 72.2 Å². The van der Waals surface area contributed by atoms with Crippen LogP contribution in [0.5, 0.6) is 0 Å². The van der Waals surface area contributed by atoms with Gasteiger partial charge < -0.3 is 0 Å². The van der Waals surface area contributed by atoms with Gasteiger partial charge in [-0.15, -0.1) is 22.7 Å². The summed E-state index contributed by atoms with van der Waals surface area (Å²) in [4.78, 5) is 9.64. The molecule has 1 N–H and O–H groups in total. The van der Waals surface area contributed by atoms with Crippen molar-refractivity contribution in [1.82, 2.24) is 9.88 Å². The predicted octanol–water partition coefficient (Wildman–Crippen LogP) is 8.19. The van der Waals surface area contributed by atoms with Gasteiger partial charge in [0.05, 0.1) is 26.2 Å². The van der Waals surface area contributed by atoms with Crippen LogP contribution in [-0.4, -0.2) is 24.8 Å². The molecule has 1 fully saturated rings. The Balaban J connectivity index is 1.06. The monoisotopic (exact) mass is 609 g/mol. The molecule has 0 amide bonds. The minimum absolute atomic E-state index is 0.00318. The summed E-state index contributed by atoms with van der Waals surface area (Å²) in [6, 6.07) is 14.5. The Labute approximate surface area is 250 Å². The topological polar surface area (TPSA) is 62.3 Å². The summed E-state index contributed by atoms with van der Waals surface area (Å²) in [6.07, 6.45) is 9.13. The molecule has 0 saturated heterocycles. The van der Waals surface area contributed by atoms with Crippen molar-refractivity contribution in [1.29, 1.82) is 0 Å². The molecule has 5 nitrogen and oxygen atoms in total. The normalized spacial score (nSPS) is 16.2. The quantitative estimate of drug-likeness (QED) is 0.197. The number of aromatic nitrogens is 1. The summed E-state index contributed by atoms with van der Waals surface area (Å²) in [7, 11) is -3.90. The molecule has 0 spiro atoms. The first-order chi connectivity index (χ1) is 19.8. The van der Waals surface area contributed by atoms with Gasteiger partial charge in [0.2, 0.25) is 0 Å². The fourth-order valence-electron chi connectivity index (χ4n) is 6.08. The minimum Gasteiger partial charge on any atom is -0.294 e. The molecule has 0 unspecified atom stereocenters. The van der Waals surface area contributed by atoms with Crippen LogP contribution in [0.2, 0.25) is 0 Å². The number of nitrogens with zero attached hydrogens (tertiary/aromatic N) is 2. The summed E-state index contributed by atoms with van der Waals surface area (Å²) in [5.41, 5.74) is 4.12. The fourth-order valence-corrected chi connectivity index (χ4v) is 8.90. The lowest BCUT2D eigenvalue weighted by atomic mass is 9.98. The molecule has 4 aromatic rings. The number of nitrogens with one attached hydrogen (secondary N) is 1. The number of sulfonamides is 1. The number of anilines is 1. The molecule has 1 aliphatic carbocycles. The van der Waals surface area contributed by atoms with Crippen molar-refractivity contribution in [2.75, 3.05) is 11.3 Å². The van der Waals surface area contributed by atoms with Crippen LogP contribution >= 0.6 is 22.7 Å². The van der Waals surface area contributed by atoms with Crippen LogP contribution in [0.3, 0.4) is 0 Å². The molecule has 1 aliphatic heterocycles. The Morgan fingerprint density at radius 3 is 2.71 bits per heavy atom. The number of halogens is 1. The molecule has 0 radical (unpaired) electrons. The van der Waals surface area contributed by atoms with E-state index in [-0.39, 0.29) is 10.6 Å². The first kappa shape index (κ1) is 28.5. The van der Waals surface area contributed by atoms with E-state index in [1.54, 1.807) is 40.9 Å². The molecule has 3 heterocycles. The average Bonchev–Trinajstić information content (AvgIpc) is 3.73. The van der Waals surface area contributed by atoms with Crippen molar-refractivity contribution in [3.63, 3.8) is 0 Å². The van der Waals surface area contributed by atoms with Crippen molar-refractivity contribution in [3.8, 4) is 10.6 Å². The van der Waals surface area contributed by atoms with Gasteiger partial charge >= 0.3 is 0 Å². The first-order valence-electron chi connectivity index (χ1n) is 14.5. The molecule has 2 aromatic carbocycles. The van der Waals surface area contributed by atoms with Crippen LogP contribution in [0.1, 0.15) is 65.1 Å². The molecule has 9 heteroatoms. The molecule has 0 bridgehead atoms. The number of thiazole rings is 1. The second-order valence-corrected chi connectivity index (χ2v) is 15.3. The molecule has 216 valence electrons. The maximum absolute atomic E-state index is 14.9. The van der Waals surface area contributed by atoms with Crippen LogP contribution in [-0.2, 0) is 36.0 Å². The van der Waals surface area contributed by atoms with Crippen molar-refractivity contribution in [3.05, 3.63) is 86.3 Å². The van der Waals surface area contributed by atoms with E-state index in [2.05, 4.69) is 32.1 Å².